The first-order chi connectivity index (χ1) is 8.11. The van der Waals surface area contributed by atoms with Gasteiger partial charge >= 0.3 is 0 Å². The monoisotopic (exact) mass is 231 g/mol. The number of nitriles is 1. The van der Waals surface area contributed by atoms with Crippen LogP contribution in [0.5, 0.6) is 0 Å². The molecule has 0 saturated carbocycles. The van der Waals surface area contributed by atoms with E-state index in [0.29, 0.717) is 6.04 Å². The maximum Gasteiger partial charge on any atom is 0.0991 e. The average molecular weight is 231 g/mol. The Morgan fingerprint density at radius 3 is 2.82 bits per heavy atom. The summed E-state index contributed by atoms with van der Waals surface area (Å²) >= 11 is 0. The first-order valence-corrected chi connectivity index (χ1v) is 5.99. The molecule has 1 aromatic carbocycles. The predicted molar refractivity (Wildman–Crippen MR) is 70.6 cm³/mol. The molecule has 0 heterocycles. The molecule has 0 bridgehead atoms. The molecule has 3 nitrogen and oxygen atoms in total. The van der Waals surface area contributed by atoms with Gasteiger partial charge in [-0.1, -0.05) is 12.1 Å². The Bertz CT molecular complexity index is 379. The summed E-state index contributed by atoms with van der Waals surface area (Å²) in [6.07, 6.45) is 1.13. The Hall–Kier alpha value is -1.37. The summed E-state index contributed by atoms with van der Waals surface area (Å²) in [4.78, 5) is 2.19. The highest BCUT2D eigenvalue weighted by Crippen LogP contribution is 2.04. The van der Waals surface area contributed by atoms with Crippen molar-refractivity contribution in [1.82, 2.24) is 10.2 Å². The van der Waals surface area contributed by atoms with Crippen LogP contribution in [0, 0.1) is 11.3 Å². The smallest absolute Gasteiger partial charge is 0.0991 e. The molecule has 3 heteroatoms. The molecule has 0 radical (unpaired) electrons. The molecule has 0 fully saturated rings. The van der Waals surface area contributed by atoms with Crippen LogP contribution in [0.1, 0.15) is 24.5 Å². The van der Waals surface area contributed by atoms with Gasteiger partial charge in [0.05, 0.1) is 11.6 Å². The lowest BCUT2D eigenvalue weighted by Gasteiger charge is -2.16. The minimum absolute atomic E-state index is 0.489. The molecule has 0 aromatic heterocycles. The zero-order valence-corrected chi connectivity index (χ0v) is 10.9. The maximum absolute atomic E-state index is 8.81. The van der Waals surface area contributed by atoms with Gasteiger partial charge in [0, 0.05) is 12.6 Å². The zero-order chi connectivity index (χ0) is 12.7. The van der Waals surface area contributed by atoms with Gasteiger partial charge in [-0.25, -0.2) is 0 Å². The minimum Gasteiger partial charge on any atom is -0.310 e. The Morgan fingerprint density at radius 1 is 1.41 bits per heavy atom. The van der Waals surface area contributed by atoms with Gasteiger partial charge in [-0.2, -0.15) is 5.26 Å². The van der Waals surface area contributed by atoms with E-state index in [2.05, 4.69) is 37.3 Å². The molecular formula is C14H21N3. The minimum atomic E-state index is 0.489. The topological polar surface area (TPSA) is 39.1 Å². The van der Waals surface area contributed by atoms with E-state index in [1.807, 2.05) is 24.3 Å². The first-order valence-electron chi connectivity index (χ1n) is 5.99. The second kappa shape index (κ2) is 7.05. The molecule has 0 aliphatic heterocycles. The van der Waals surface area contributed by atoms with Gasteiger partial charge < -0.3 is 10.2 Å². The van der Waals surface area contributed by atoms with Crippen LogP contribution < -0.4 is 5.32 Å². The van der Waals surface area contributed by atoms with Gasteiger partial charge in [-0.3, -0.25) is 0 Å². The van der Waals surface area contributed by atoms with Gasteiger partial charge in [0.2, 0.25) is 0 Å². The van der Waals surface area contributed by atoms with E-state index in [1.54, 1.807) is 0 Å². The molecule has 0 spiro atoms. The molecule has 1 atom stereocenters. The van der Waals surface area contributed by atoms with Crippen LogP contribution in [0.25, 0.3) is 0 Å². The van der Waals surface area contributed by atoms with Crippen LogP contribution in [0.2, 0.25) is 0 Å². The predicted octanol–water partition coefficient (Wildman–Crippen LogP) is 1.99. The van der Waals surface area contributed by atoms with Crippen molar-refractivity contribution in [2.45, 2.75) is 25.9 Å². The van der Waals surface area contributed by atoms with E-state index >= 15 is 0 Å². The van der Waals surface area contributed by atoms with Crippen LogP contribution in [-0.4, -0.2) is 31.6 Å². The van der Waals surface area contributed by atoms with Crippen LogP contribution in [0.4, 0.5) is 0 Å². The Labute approximate surface area is 104 Å². The summed E-state index contributed by atoms with van der Waals surface area (Å²) in [7, 11) is 4.17. The largest absolute Gasteiger partial charge is 0.310 e. The average Bonchev–Trinajstić information content (AvgIpc) is 2.34. The second-order valence-electron chi connectivity index (χ2n) is 4.69. The highest BCUT2D eigenvalue weighted by molar-refractivity contribution is 5.32. The molecule has 1 N–H and O–H groups in total. The number of hydrogen-bond donors (Lipinski definition) is 1. The van der Waals surface area contributed by atoms with E-state index in [9.17, 15) is 0 Å². The SMILES string of the molecule is CC(CCN(C)C)NCc1cccc(C#N)c1. The lowest BCUT2D eigenvalue weighted by atomic mass is 10.1. The van der Waals surface area contributed by atoms with E-state index in [-0.39, 0.29) is 0 Å². The van der Waals surface area contributed by atoms with Crippen molar-refractivity contribution in [3.63, 3.8) is 0 Å². The van der Waals surface area contributed by atoms with Gasteiger partial charge in [0.1, 0.15) is 0 Å². The summed E-state index contributed by atoms with van der Waals surface area (Å²) in [6.45, 7) is 4.11. The van der Waals surface area contributed by atoms with Crippen LogP contribution >= 0.6 is 0 Å². The van der Waals surface area contributed by atoms with Crippen molar-refractivity contribution >= 4 is 0 Å². The number of nitrogens with zero attached hydrogens (tertiary/aromatic N) is 2. The molecule has 1 rings (SSSR count). The molecular weight excluding hydrogens is 210 g/mol. The summed E-state index contributed by atoms with van der Waals surface area (Å²) in [5.41, 5.74) is 1.89. The normalized spacial score (nSPS) is 12.4. The van der Waals surface area contributed by atoms with Gasteiger partial charge in [0.25, 0.3) is 0 Å². The Kier molecular flexibility index (Phi) is 5.68. The van der Waals surface area contributed by atoms with Gasteiger partial charge in [-0.15, -0.1) is 0 Å². The molecule has 0 aliphatic carbocycles. The van der Waals surface area contributed by atoms with Crippen molar-refractivity contribution < 1.29 is 0 Å². The lowest BCUT2D eigenvalue weighted by Crippen LogP contribution is -2.29. The van der Waals surface area contributed by atoms with Crippen molar-refractivity contribution in [1.29, 1.82) is 5.26 Å². The second-order valence-corrected chi connectivity index (χ2v) is 4.69. The molecule has 0 saturated heterocycles. The molecule has 1 unspecified atom stereocenters. The third-order valence-corrected chi connectivity index (χ3v) is 2.72. The third kappa shape index (κ3) is 5.48. The lowest BCUT2D eigenvalue weighted by molar-refractivity contribution is 0.365. The molecule has 92 valence electrons. The zero-order valence-electron chi connectivity index (χ0n) is 10.9. The van der Waals surface area contributed by atoms with Gasteiger partial charge in [0.15, 0.2) is 0 Å². The maximum atomic E-state index is 8.81. The van der Waals surface area contributed by atoms with Gasteiger partial charge in [-0.05, 0) is 51.7 Å². The van der Waals surface area contributed by atoms with Crippen LogP contribution in [0.15, 0.2) is 24.3 Å². The Balaban J connectivity index is 2.37. The highest BCUT2D eigenvalue weighted by atomic mass is 15.1. The molecule has 0 aliphatic rings. The van der Waals surface area contributed by atoms with Crippen molar-refractivity contribution in [2.75, 3.05) is 20.6 Å². The summed E-state index contributed by atoms with van der Waals surface area (Å²) in [5, 5.41) is 12.3. The fourth-order valence-electron chi connectivity index (χ4n) is 1.60. The summed E-state index contributed by atoms with van der Waals surface area (Å²) < 4.78 is 0. The molecule has 1 aromatic rings. The Morgan fingerprint density at radius 2 is 2.18 bits per heavy atom. The number of benzene rings is 1. The number of hydrogen-bond acceptors (Lipinski definition) is 3. The van der Waals surface area contributed by atoms with Crippen molar-refractivity contribution in [2.24, 2.45) is 0 Å². The summed E-state index contributed by atoms with van der Waals surface area (Å²) in [5.74, 6) is 0. The fraction of sp³-hybridized carbons (Fsp3) is 0.500. The standard InChI is InChI=1S/C14H21N3/c1-12(7-8-17(2)3)16-11-14-6-4-5-13(9-14)10-15/h4-6,9,12,16H,7-8,11H2,1-3H3. The summed E-state index contributed by atoms with van der Waals surface area (Å²) in [6, 6.07) is 10.4. The van der Waals surface area contributed by atoms with E-state index in [1.165, 1.54) is 5.56 Å². The first kappa shape index (κ1) is 13.7. The third-order valence-electron chi connectivity index (χ3n) is 2.72. The quantitative estimate of drug-likeness (QED) is 0.813. The fourth-order valence-corrected chi connectivity index (χ4v) is 1.60. The molecule has 0 amide bonds. The van der Waals surface area contributed by atoms with Crippen molar-refractivity contribution in [3.05, 3.63) is 35.4 Å². The highest BCUT2D eigenvalue weighted by Gasteiger charge is 2.02. The van der Waals surface area contributed by atoms with E-state index < -0.39 is 0 Å². The molecule has 17 heavy (non-hydrogen) atoms. The van der Waals surface area contributed by atoms with E-state index in [0.717, 1.165) is 25.1 Å². The van der Waals surface area contributed by atoms with E-state index in [4.69, 9.17) is 5.26 Å². The van der Waals surface area contributed by atoms with Crippen molar-refractivity contribution in [3.8, 4) is 6.07 Å². The van der Waals surface area contributed by atoms with Crippen LogP contribution in [0.3, 0.4) is 0 Å². The number of rotatable bonds is 6. The van der Waals surface area contributed by atoms with Crippen LogP contribution in [-0.2, 0) is 6.54 Å². The number of nitrogens with one attached hydrogen (secondary N) is 1.